The lowest BCUT2D eigenvalue weighted by Crippen LogP contribution is -2.31. The van der Waals surface area contributed by atoms with Crippen molar-refractivity contribution in [2.45, 2.75) is 18.9 Å². The van der Waals surface area contributed by atoms with E-state index in [4.69, 9.17) is 9.26 Å². The highest BCUT2D eigenvalue weighted by Crippen LogP contribution is 2.25. The molecular weight excluding hydrogens is 244 g/mol. The second-order valence-corrected chi connectivity index (χ2v) is 4.66. The second-order valence-electron chi connectivity index (χ2n) is 4.66. The van der Waals surface area contributed by atoms with E-state index in [1.165, 1.54) is 0 Å². The molecule has 3 heterocycles. The molecular formula is C13H16N4O2. The van der Waals surface area contributed by atoms with E-state index in [-0.39, 0.29) is 12.0 Å². The number of aromatic nitrogens is 3. The van der Waals surface area contributed by atoms with Crippen molar-refractivity contribution >= 4 is 0 Å². The number of nitrogens with one attached hydrogen (secondary N) is 1. The van der Waals surface area contributed by atoms with Gasteiger partial charge in [-0.2, -0.15) is 4.98 Å². The third-order valence-corrected chi connectivity index (χ3v) is 3.33. The number of hydrogen-bond acceptors (Lipinski definition) is 6. The topological polar surface area (TPSA) is 73.1 Å². The van der Waals surface area contributed by atoms with E-state index in [9.17, 15) is 0 Å². The Morgan fingerprint density at radius 2 is 2.16 bits per heavy atom. The van der Waals surface area contributed by atoms with Crippen molar-refractivity contribution in [3.8, 4) is 11.5 Å². The predicted molar refractivity (Wildman–Crippen MR) is 68.7 cm³/mol. The molecule has 19 heavy (non-hydrogen) atoms. The van der Waals surface area contributed by atoms with Crippen LogP contribution in [0.5, 0.6) is 0 Å². The number of likely N-dealkylation sites (N-methyl/N-ethyl adjacent to an activating group) is 1. The molecule has 2 unspecified atom stereocenters. The Balaban J connectivity index is 1.87. The first-order valence-electron chi connectivity index (χ1n) is 6.30. The van der Waals surface area contributed by atoms with Crippen LogP contribution in [0.1, 0.15) is 17.5 Å². The predicted octanol–water partition coefficient (Wildman–Crippen LogP) is 1.14. The molecule has 6 nitrogen and oxygen atoms in total. The first kappa shape index (κ1) is 12.3. The van der Waals surface area contributed by atoms with Gasteiger partial charge in [-0.15, -0.1) is 0 Å². The summed E-state index contributed by atoms with van der Waals surface area (Å²) in [5.41, 5.74) is 1.66. The zero-order valence-corrected chi connectivity index (χ0v) is 11.0. The van der Waals surface area contributed by atoms with Crippen LogP contribution in [0, 0.1) is 6.92 Å². The Hall–Kier alpha value is -1.79. The summed E-state index contributed by atoms with van der Waals surface area (Å²) in [6.45, 7) is 3.21. The van der Waals surface area contributed by atoms with Crippen LogP contribution in [0.3, 0.4) is 0 Å². The summed E-state index contributed by atoms with van der Waals surface area (Å²) in [5.74, 6) is 1.24. The van der Waals surface area contributed by atoms with Gasteiger partial charge in [0.05, 0.1) is 19.1 Å². The van der Waals surface area contributed by atoms with Crippen molar-refractivity contribution < 1.29 is 9.26 Å². The van der Waals surface area contributed by atoms with Gasteiger partial charge in [0, 0.05) is 11.7 Å². The molecule has 0 radical (unpaired) electrons. The van der Waals surface area contributed by atoms with E-state index in [1.54, 1.807) is 0 Å². The molecule has 1 saturated heterocycles. The molecule has 0 bridgehead atoms. The van der Waals surface area contributed by atoms with Gasteiger partial charge < -0.3 is 14.6 Å². The van der Waals surface area contributed by atoms with Crippen LogP contribution in [-0.4, -0.2) is 41.4 Å². The maximum absolute atomic E-state index is 5.44. The van der Waals surface area contributed by atoms with Gasteiger partial charge in [-0.3, -0.25) is 0 Å². The fourth-order valence-electron chi connectivity index (χ4n) is 2.24. The van der Waals surface area contributed by atoms with E-state index < -0.39 is 0 Å². The molecule has 6 heteroatoms. The van der Waals surface area contributed by atoms with Crippen LogP contribution in [-0.2, 0) is 4.74 Å². The van der Waals surface area contributed by atoms with Gasteiger partial charge in [0.25, 0.3) is 0 Å². The van der Waals surface area contributed by atoms with Gasteiger partial charge >= 0.3 is 0 Å². The fraction of sp³-hybridized carbons (Fsp3) is 0.462. The van der Waals surface area contributed by atoms with Crippen LogP contribution in [0.4, 0.5) is 0 Å². The molecule has 0 aliphatic carbocycles. The number of nitrogens with zero attached hydrogens (tertiary/aromatic N) is 3. The maximum atomic E-state index is 5.44. The Labute approximate surface area is 111 Å². The Morgan fingerprint density at radius 1 is 1.26 bits per heavy atom. The van der Waals surface area contributed by atoms with Crippen LogP contribution in [0.25, 0.3) is 11.5 Å². The molecule has 1 aliphatic rings. The SMILES string of the molecule is CNC1COCC1c1nc(-c2cccc(C)n2)no1. The lowest BCUT2D eigenvalue weighted by Gasteiger charge is -2.11. The lowest BCUT2D eigenvalue weighted by atomic mass is 10.0. The van der Waals surface area contributed by atoms with Gasteiger partial charge in [-0.25, -0.2) is 4.98 Å². The number of ether oxygens (including phenoxy) is 1. The minimum Gasteiger partial charge on any atom is -0.379 e. The molecule has 0 aromatic carbocycles. The summed E-state index contributed by atoms with van der Waals surface area (Å²) in [4.78, 5) is 8.83. The highest BCUT2D eigenvalue weighted by molar-refractivity contribution is 5.48. The minimum absolute atomic E-state index is 0.107. The Kier molecular flexibility index (Phi) is 3.27. The van der Waals surface area contributed by atoms with Gasteiger partial charge in [0.1, 0.15) is 5.69 Å². The molecule has 2 aromatic rings. The zero-order chi connectivity index (χ0) is 13.2. The smallest absolute Gasteiger partial charge is 0.234 e. The number of aryl methyl sites for hydroxylation is 1. The average molecular weight is 260 g/mol. The second kappa shape index (κ2) is 5.07. The fourth-order valence-corrected chi connectivity index (χ4v) is 2.24. The molecule has 3 rings (SSSR count). The van der Waals surface area contributed by atoms with Crippen LogP contribution < -0.4 is 5.32 Å². The highest BCUT2D eigenvalue weighted by atomic mass is 16.5. The van der Waals surface area contributed by atoms with E-state index in [0.717, 1.165) is 11.4 Å². The van der Waals surface area contributed by atoms with Crippen molar-refractivity contribution in [2.75, 3.05) is 20.3 Å². The van der Waals surface area contributed by atoms with Crippen LogP contribution in [0.2, 0.25) is 0 Å². The Bertz CT molecular complexity index is 569. The largest absolute Gasteiger partial charge is 0.379 e. The summed E-state index contributed by atoms with van der Waals surface area (Å²) >= 11 is 0. The standard InChI is InChI=1S/C13H16N4O2/c1-8-4-3-5-10(15-8)12-16-13(19-17-12)9-6-18-7-11(9)14-2/h3-5,9,11,14H,6-7H2,1-2H3. The molecule has 1 N–H and O–H groups in total. The van der Waals surface area contributed by atoms with Gasteiger partial charge in [-0.1, -0.05) is 11.2 Å². The third kappa shape index (κ3) is 2.36. The summed E-state index contributed by atoms with van der Waals surface area (Å²) in [6, 6.07) is 5.97. The monoisotopic (exact) mass is 260 g/mol. The molecule has 0 spiro atoms. The zero-order valence-electron chi connectivity index (χ0n) is 11.0. The van der Waals surface area contributed by atoms with Gasteiger partial charge in [-0.05, 0) is 26.1 Å². The molecule has 0 amide bonds. The normalized spacial score (nSPS) is 22.8. The molecule has 100 valence electrons. The number of hydrogen-bond donors (Lipinski definition) is 1. The quantitative estimate of drug-likeness (QED) is 0.892. The van der Waals surface area contributed by atoms with E-state index in [2.05, 4.69) is 20.4 Å². The van der Waals surface area contributed by atoms with E-state index in [0.29, 0.717) is 24.9 Å². The highest BCUT2D eigenvalue weighted by Gasteiger charge is 2.33. The van der Waals surface area contributed by atoms with Crippen molar-refractivity contribution in [1.29, 1.82) is 0 Å². The number of pyridine rings is 1. The van der Waals surface area contributed by atoms with Gasteiger partial charge in [0.2, 0.25) is 11.7 Å². The molecule has 2 aromatic heterocycles. The Morgan fingerprint density at radius 3 is 2.95 bits per heavy atom. The summed E-state index contributed by atoms with van der Waals surface area (Å²) in [6.07, 6.45) is 0. The molecule has 0 saturated carbocycles. The van der Waals surface area contributed by atoms with Crippen molar-refractivity contribution in [3.05, 3.63) is 29.8 Å². The van der Waals surface area contributed by atoms with Crippen molar-refractivity contribution in [1.82, 2.24) is 20.4 Å². The molecule has 2 atom stereocenters. The lowest BCUT2D eigenvalue weighted by molar-refractivity contribution is 0.185. The first-order chi connectivity index (χ1) is 9.28. The summed E-state index contributed by atoms with van der Waals surface area (Å²) in [5, 5.41) is 7.21. The van der Waals surface area contributed by atoms with E-state index in [1.807, 2.05) is 32.2 Å². The van der Waals surface area contributed by atoms with Crippen LogP contribution in [0.15, 0.2) is 22.7 Å². The molecule has 1 aliphatic heterocycles. The maximum Gasteiger partial charge on any atom is 0.234 e. The minimum atomic E-state index is 0.107. The average Bonchev–Trinajstić information content (AvgIpc) is 3.07. The van der Waals surface area contributed by atoms with Crippen molar-refractivity contribution in [2.24, 2.45) is 0 Å². The summed E-state index contributed by atoms with van der Waals surface area (Å²) < 4.78 is 10.8. The molecule has 1 fully saturated rings. The van der Waals surface area contributed by atoms with E-state index >= 15 is 0 Å². The number of rotatable bonds is 3. The first-order valence-corrected chi connectivity index (χ1v) is 6.30. The van der Waals surface area contributed by atoms with Gasteiger partial charge in [0.15, 0.2) is 0 Å². The van der Waals surface area contributed by atoms with Crippen LogP contribution >= 0.6 is 0 Å². The van der Waals surface area contributed by atoms with Crippen molar-refractivity contribution in [3.63, 3.8) is 0 Å². The third-order valence-electron chi connectivity index (χ3n) is 3.33. The summed E-state index contributed by atoms with van der Waals surface area (Å²) in [7, 11) is 1.91.